The number of halogens is 2. The van der Waals surface area contributed by atoms with Gasteiger partial charge in [0.25, 0.3) is 0 Å². The molecule has 1 aliphatic rings. The van der Waals surface area contributed by atoms with Crippen LogP contribution in [0, 0.1) is 5.82 Å². The molecule has 1 aliphatic heterocycles. The Hall–Kier alpha value is -3.97. The Kier molecular flexibility index (Phi) is 8.51. The maximum atomic E-state index is 14.0. The molecule has 0 aliphatic carbocycles. The van der Waals surface area contributed by atoms with Crippen LogP contribution >= 0.6 is 11.6 Å². The van der Waals surface area contributed by atoms with E-state index in [1.54, 1.807) is 48.7 Å². The van der Waals surface area contributed by atoms with Crippen LogP contribution in [-0.2, 0) is 6.42 Å². The Morgan fingerprint density at radius 3 is 2.44 bits per heavy atom. The van der Waals surface area contributed by atoms with E-state index in [1.807, 2.05) is 26.8 Å². The normalized spacial score (nSPS) is 16.1. The molecule has 1 heterocycles. The van der Waals surface area contributed by atoms with Crippen LogP contribution in [0.5, 0.6) is 11.5 Å². The number of carboxylic acids is 1. The first-order chi connectivity index (χ1) is 18.6. The standard InChI is InChI=1S/C31H29ClFNO5/c1-4-14-38-28-11-7-20(21-6-10-27(33)25(16-21)30(36)37)15-22(28)18-31(12-5-13-34-31)29(35)24-9-8-23(17-26(24)32)39-19(2)3/h5-13,15-17,19H,4,14,18H2,1-3H3,(H,36,37). The smallest absolute Gasteiger partial charge is 0.338 e. The summed E-state index contributed by atoms with van der Waals surface area (Å²) in [6, 6.07) is 14.3. The van der Waals surface area contributed by atoms with Crippen LogP contribution in [-0.4, -0.2) is 41.3 Å². The van der Waals surface area contributed by atoms with E-state index in [4.69, 9.17) is 21.1 Å². The van der Waals surface area contributed by atoms with Crippen molar-refractivity contribution >= 4 is 29.6 Å². The second kappa shape index (κ2) is 11.8. The van der Waals surface area contributed by atoms with Gasteiger partial charge in [-0.05, 0) is 91.6 Å². The predicted molar refractivity (Wildman–Crippen MR) is 150 cm³/mol. The number of benzene rings is 3. The number of rotatable bonds is 11. The largest absolute Gasteiger partial charge is 0.493 e. The van der Waals surface area contributed by atoms with Crippen molar-refractivity contribution < 1.29 is 28.6 Å². The minimum Gasteiger partial charge on any atom is -0.493 e. The number of nitrogens with zero attached hydrogens (tertiary/aromatic N) is 1. The number of Topliss-reactive ketones (excluding diaryl/α,β-unsaturated/α-hetero) is 1. The molecule has 0 bridgehead atoms. The lowest BCUT2D eigenvalue weighted by Crippen LogP contribution is -2.36. The molecule has 39 heavy (non-hydrogen) atoms. The zero-order valence-corrected chi connectivity index (χ0v) is 22.7. The molecule has 0 saturated carbocycles. The van der Waals surface area contributed by atoms with Crippen molar-refractivity contribution in [3.8, 4) is 22.6 Å². The van der Waals surface area contributed by atoms with Gasteiger partial charge in [0, 0.05) is 18.2 Å². The number of allylic oxidation sites excluding steroid dienone is 1. The van der Waals surface area contributed by atoms with Crippen molar-refractivity contribution in [1.82, 2.24) is 0 Å². The maximum Gasteiger partial charge on any atom is 0.338 e. The number of ether oxygens (including phenoxy) is 2. The molecular formula is C31H29ClFNO5. The van der Waals surface area contributed by atoms with Crippen LogP contribution < -0.4 is 9.47 Å². The highest BCUT2D eigenvalue weighted by Crippen LogP contribution is 2.36. The van der Waals surface area contributed by atoms with Crippen molar-refractivity contribution in [2.24, 2.45) is 4.99 Å². The van der Waals surface area contributed by atoms with Gasteiger partial charge in [-0.15, -0.1) is 0 Å². The molecule has 8 heteroatoms. The zero-order valence-electron chi connectivity index (χ0n) is 21.9. The van der Waals surface area contributed by atoms with Crippen molar-refractivity contribution in [2.75, 3.05) is 6.61 Å². The lowest BCUT2D eigenvalue weighted by atomic mass is 9.83. The average molecular weight is 550 g/mol. The lowest BCUT2D eigenvalue weighted by molar-refractivity contribution is 0.0691. The summed E-state index contributed by atoms with van der Waals surface area (Å²) in [6.07, 6.45) is 5.94. The molecule has 4 rings (SSSR count). The van der Waals surface area contributed by atoms with Gasteiger partial charge in [0.05, 0.1) is 23.3 Å². The highest BCUT2D eigenvalue weighted by molar-refractivity contribution is 6.34. The number of carbonyl (C=O) groups is 2. The first kappa shape index (κ1) is 28.0. The van der Waals surface area contributed by atoms with E-state index >= 15 is 0 Å². The van der Waals surface area contributed by atoms with E-state index in [2.05, 4.69) is 4.99 Å². The maximum absolute atomic E-state index is 14.0. The molecule has 3 aromatic carbocycles. The van der Waals surface area contributed by atoms with Gasteiger partial charge >= 0.3 is 5.97 Å². The number of hydrogen-bond acceptors (Lipinski definition) is 5. The highest BCUT2D eigenvalue weighted by Gasteiger charge is 2.39. The second-order valence-corrected chi connectivity index (χ2v) is 9.95. The van der Waals surface area contributed by atoms with E-state index in [0.717, 1.165) is 12.5 Å². The molecule has 1 atom stereocenters. The lowest BCUT2D eigenvalue weighted by Gasteiger charge is -2.25. The summed E-state index contributed by atoms with van der Waals surface area (Å²) >= 11 is 6.53. The van der Waals surface area contributed by atoms with Crippen molar-refractivity contribution in [3.05, 3.63) is 94.3 Å². The van der Waals surface area contributed by atoms with E-state index in [0.29, 0.717) is 40.4 Å². The molecule has 202 valence electrons. The summed E-state index contributed by atoms with van der Waals surface area (Å²) in [5.74, 6) is -1.31. The van der Waals surface area contributed by atoms with Crippen molar-refractivity contribution in [2.45, 2.75) is 45.3 Å². The fourth-order valence-corrected chi connectivity index (χ4v) is 4.66. The van der Waals surface area contributed by atoms with E-state index < -0.39 is 22.9 Å². The molecule has 0 aromatic heterocycles. The molecule has 0 saturated heterocycles. The van der Waals surface area contributed by atoms with E-state index in [9.17, 15) is 19.1 Å². The van der Waals surface area contributed by atoms with Crippen LogP contribution in [0.2, 0.25) is 5.02 Å². The number of aromatic carboxylic acids is 1. The number of carbonyl (C=O) groups excluding carboxylic acids is 1. The zero-order chi connectivity index (χ0) is 28.2. The third-order valence-electron chi connectivity index (χ3n) is 6.23. The van der Waals surface area contributed by atoms with Gasteiger partial charge in [0.15, 0.2) is 5.78 Å². The van der Waals surface area contributed by atoms with Gasteiger partial charge in [-0.1, -0.05) is 30.7 Å². The molecule has 1 unspecified atom stereocenters. The molecule has 0 spiro atoms. The summed E-state index contributed by atoms with van der Waals surface area (Å²) in [5, 5.41) is 9.63. The number of ketones is 1. The molecule has 0 fully saturated rings. The number of aliphatic imine (C=N–C) groups is 1. The van der Waals surface area contributed by atoms with Crippen LogP contribution in [0.3, 0.4) is 0 Å². The molecule has 0 radical (unpaired) electrons. The van der Waals surface area contributed by atoms with Gasteiger partial charge in [0.2, 0.25) is 0 Å². The third-order valence-corrected chi connectivity index (χ3v) is 6.54. The summed E-state index contributed by atoms with van der Waals surface area (Å²) in [7, 11) is 0. The average Bonchev–Trinajstić information content (AvgIpc) is 3.37. The number of carboxylic acid groups (broad SMARTS) is 1. The fourth-order valence-electron chi connectivity index (χ4n) is 4.41. The Labute approximate surface area is 231 Å². The monoisotopic (exact) mass is 549 g/mol. The van der Waals surface area contributed by atoms with Gasteiger partial charge < -0.3 is 14.6 Å². The molecule has 3 aromatic rings. The Balaban J connectivity index is 1.75. The quantitative estimate of drug-likeness (QED) is 0.255. The van der Waals surface area contributed by atoms with Gasteiger partial charge in [-0.25, -0.2) is 9.18 Å². The van der Waals surface area contributed by atoms with Gasteiger partial charge in [-0.2, -0.15) is 0 Å². The van der Waals surface area contributed by atoms with E-state index in [1.165, 1.54) is 12.1 Å². The first-order valence-electron chi connectivity index (χ1n) is 12.7. The topological polar surface area (TPSA) is 85.2 Å². The number of hydrogen-bond donors (Lipinski definition) is 1. The van der Waals surface area contributed by atoms with Crippen LogP contribution in [0.4, 0.5) is 4.39 Å². The van der Waals surface area contributed by atoms with Crippen LogP contribution in [0.15, 0.2) is 71.7 Å². The third kappa shape index (κ3) is 6.20. The molecule has 0 amide bonds. The molecule has 1 N–H and O–H groups in total. The van der Waals surface area contributed by atoms with Crippen LogP contribution in [0.25, 0.3) is 11.1 Å². The second-order valence-electron chi connectivity index (χ2n) is 9.55. The van der Waals surface area contributed by atoms with E-state index in [-0.39, 0.29) is 23.3 Å². The summed E-state index contributed by atoms with van der Waals surface area (Å²) in [4.78, 5) is 30.0. The van der Waals surface area contributed by atoms with Gasteiger partial charge in [-0.3, -0.25) is 9.79 Å². The predicted octanol–water partition coefficient (Wildman–Crippen LogP) is 7.23. The summed E-state index contributed by atoms with van der Waals surface area (Å²) in [5.41, 5.74) is 0.491. The minimum absolute atomic E-state index is 0.0437. The van der Waals surface area contributed by atoms with Crippen molar-refractivity contribution in [1.29, 1.82) is 0 Å². The Morgan fingerprint density at radius 1 is 1.05 bits per heavy atom. The van der Waals surface area contributed by atoms with Crippen molar-refractivity contribution in [3.63, 3.8) is 0 Å². The summed E-state index contributed by atoms with van der Waals surface area (Å²) in [6.45, 7) is 6.26. The fraction of sp³-hybridized carbons (Fsp3) is 0.258. The van der Waals surface area contributed by atoms with Gasteiger partial charge in [0.1, 0.15) is 22.9 Å². The molecule has 6 nitrogen and oxygen atoms in total. The molecular weight excluding hydrogens is 521 g/mol. The van der Waals surface area contributed by atoms with Crippen LogP contribution in [0.1, 0.15) is 53.5 Å². The minimum atomic E-state index is -1.35. The Morgan fingerprint density at radius 2 is 1.79 bits per heavy atom. The summed E-state index contributed by atoms with van der Waals surface area (Å²) < 4.78 is 25.7. The first-order valence-corrected chi connectivity index (χ1v) is 13.0. The SMILES string of the molecule is CCCOc1ccc(-c2ccc(F)c(C(=O)O)c2)cc1CC1(C(=O)c2ccc(OC(C)C)cc2Cl)C=CC=N1. The highest BCUT2D eigenvalue weighted by atomic mass is 35.5. The Bertz CT molecular complexity index is 1450.